The lowest BCUT2D eigenvalue weighted by atomic mass is 9.97. The van der Waals surface area contributed by atoms with Crippen molar-refractivity contribution in [2.75, 3.05) is 39.5 Å². The van der Waals surface area contributed by atoms with Gasteiger partial charge in [-0.15, -0.1) is 0 Å². The Morgan fingerprint density at radius 1 is 0.509 bits per heavy atom. The Labute approximate surface area is 349 Å². The number of rotatable bonds is 37. The van der Waals surface area contributed by atoms with Gasteiger partial charge < -0.3 is 19.1 Å². The molecule has 0 bridgehead atoms. The summed E-state index contributed by atoms with van der Waals surface area (Å²) in [7, 11) is 0. The van der Waals surface area contributed by atoms with Crippen molar-refractivity contribution in [2.45, 2.75) is 194 Å². The smallest absolute Gasteiger partial charge is 0.309 e. The standard InChI is InChI=1S/C50H85NO6/c1-3-5-7-9-11-13-15-17-19-21-23-25-27-29-31-33-48(52)55-42-46(44-57-50(54)47-37-39-51(40-38-47)41-45-35-36-45)43-56-49(53)34-32-30-28-26-24-22-20-18-16-14-12-10-8-6-4-2/h11-14,17-20,45-47H,3-10,15-16,21-44H2,1-2H3. The maximum absolute atomic E-state index is 13.0. The number of hydrogen-bond donors (Lipinski definition) is 0. The molecule has 0 spiro atoms. The van der Waals surface area contributed by atoms with E-state index in [1.54, 1.807) is 0 Å². The molecular weight excluding hydrogens is 711 g/mol. The van der Waals surface area contributed by atoms with Gasteiger partial charge in [-0.05, 0) is 122 Å². The van der Waals surface area contributed by atoms with E-state index in [-0.39, 0.29) is 49.6 Å². The van der Waals surface area contributed by atoms with Crippen molar-refractivity contribution >= 4 is 17.9 Å². The number of unbranched alkanes of at least 4 members (excludes halogenated alkanes) is 16. The van der Waals surface area contributed by atoms with Crippen molar-refractivity contribution in [1.29, 1.82) is 0 Å². The predicted octanol–water partition coefficient (Wildman–Crippen LogP) is 13.0. The lowest BCUT2D eigenvalue weighted by Crippen LogP contribution is -2.38. The topological polar surface area (TPSA) is 82.1 Å². The molecule has 1 aliphatic heterocycles. The Morgan fingerprint density at radius 2 is 0.912 bits per heavy atom. The van der Waals surface area contributed by atoms with Crippen LogP contribution in [0.25, 0.3) is 0 Å². The molecule has 0 aromatic carbocycles. The van der Waals surface area contributed by atoms with Gasteiger partial charge in [0.05, 0.1) is 11.8 Å². The van der Waals surface area contributed by atoms with E-state index in [1.807, 2.05) is 0 Å². The summed E-state index contributed by atoms with van der Waals surface area (Å²) in [6.07, 6.45) is 48.3. The van der Waals surface area contributed by atoms with Gasteiger partial charge in [-0.2, -0.15) is 0 Å². The van der Waals surface area contributed by atoms with E-state index >= 15 is 0 Å². The van der Waals surface area contributed by atoms with Gasteiger partial charge in [-0.25, -0.2) is 0 Å². The minimum Gasteiger partial charge on any atom is -0.465 e. The quantitative estimate of drug-likeness (QED) is 0.0268. The van der Waals surface area contributed by atoms with Gasteiger partial charge in [0, 0.05) is 19.4 Å². The monoisotopic (exact) mass is 796 g/mol. The van der Waals surface area contributed by atoms with Gasteiger partial charge in [0.25, 0.3) is 0 Å². The number of likely N-dealkylation sites (tertiary alicyclic amines) is 1. The molecule has 0 N–H and O–H groups in total. The molecule has 0 unspecified atom stereocenters. The molecule has 0 atom stereocenters. The number of allylic oxidation sites excluding steroid dienone is 8. The van der Waals surface area contributed by atoms with Crippen LogP contribution < -0.4 is 0 Å². The zero-order valence-electron chi connectivity index (χ0n) is 36.8. The molecule has 2 rings (SSSR count). The number of hydrogen-bond acceptors (Lipinski definition) is 7. The zero-order chi connectivity index (χ0) is 40.9. The van der Waals surface area contributed by atoms with Crippen LogP contribution in [0.2, 0.25) is 0 Å². The van der Waals surface area contributed by atoms with Crippen LogP contribution >= 0.6 is 0 Å². The number of carbonyl (C=O) groups excluding carboxylic acids is 3. The highest BCUT2D eigenvalue weighted by Gasteiger charge is 2.30. The van der Waals surface area contributed by atoms with Crippen LogP contribution in [0.3, 0.4) is 0 Å². The molecular formula is C50H85NO6. The third-order valence-corrected chi connectivity index (χ3v) is 11.2. The second-order valence-corrected chi connectivity index (χ2v) is 16.8. The summed E-state index contributed by atoms with van der Waals surface area (Å²) in [5, 5.41) is 0. The Morgan fingerprint density at radius 3 is 1.35 bits per heavy atom. The van der Waals surface area contributed by atoms with Gasteiger partial charge in [0.15, 0.2) is 0 Å². The molecule has 1 heterocycles. The third-order valence-electron chi connectivity index (χ3n) is 11.2. The average molecular weight is 796 g/mol. The lowest BCUT2D eigenvalue weighted by molar-refractivity contribution is -0.156. The Bertz CT molecular complexity index is 1050. The van der Waals surface area contributed by atoms with Gasteiger partial charge in [0.1, 0.15) is 19.8 Å². The summed E-state index contributed by atoms with van der Waals surface area (Å²) in [5.41, 5.74) is 0. The van der Waals surface area contributed by atoms with Crippen LogP contribution in [0, 0.1) is 17.8 Å². The molecule has 57 heavy (non-hydrogen) atoms. The van der Waals surface area contributed by atoms with Crippen LogP contribution in [0.1, 0.15) is 194 Å². The van der Waals surface area contributed by atoms with E-state index in [1.165, 1.54) is 89.9 Å². The van der Waals surface area contributed by atoms with Crippen molar-refractivity contribution < 1.29 is 28.6 Å². The summed E-state index contributed by atoms with van der Waals surface area (Å²) in [6, 6.07) is 0. The van der Waals surface area contributed by atoms with Crippen molar-refractivity contribution in [3.05, 3.63) is 48.6 Å². The highest BCUT2D eigenvalue weighted by Crippen LogP contribution is 2.31. The first-order valence-electron chi connectivity index (χ1n) is 23.8. The number of piperidine rings is 1. The van der Waals surface area contributed by atoms with Crippen LogP contribution in [0.4, 0.5) is 0 Å². The summed E-state index contributed by atoms with van der Waals surface area (Å²) in [5.74, 6) is -0.273. The normalized spacial score (nSPS) is 16.0. The number of nitrogens with zero attached hydrogens (tertiary/aromatic N) is 1. The van der Waals surface area contributed by atoms with E-state index in [4.69, 9.17) is 14.2 Å². The Balaban J connectivity index is 1.60. The molecule has 0 aromatic heterocycles. The first-order valence-corrected chi connectivity index (χ1v) is 23.8. The summed E-state index contributed by atoms with van der Waals surface area (Å²) >= 11 is 0. The van der Waals surface area contributed by atoms with Crippen LogP contribution in [0.15, 0.2) is 48.6 Å². The van der Waals surface area contributed by atoms with E-state index in [0.29, 0.717) is 12.8 Å². The zero-order valence-corrected chi connectivity index (χ0v) is 36.8. The van der Waals surface area contributed by atoms with E-state index in [0.717, 1.165) is 103 Å². The number of ether oxygens (including phenoxy) is 3. The second kappa shape index (κ2) is 36.4. The van der Waals surface area contributed by atoms with Gasteiger partial charge in [-0.3, -0.25) is 14.4 Å². The van der Waals surface area contributed by atoms with Crippen LogP contribution in [0.5, 0.6) is 0 Å². The third kappa shape index (κ3) is 31.0. The lowest BCUT2D eigenvalue weighted by Gasteiger charge is -2.31. The second-order valence-electron chi connectivity index (χ2n) is 16.8. The summed E-state index contributed by atoms with van der Waals surface area (Å²) < 4.78 is 17.0. The SMILES string of the molecule is CCCCCC=CCC=CCCCCCCCC(=O)OCC(COC(=O)CCCCCCCC=CCC=CCCCCC)COC(=O)C1CCN(CC2CC2)CC1. The van der Waals surface area contributed by atoms with Gasteiger partial charge >= 0.3 is 17.9 Å². The number of carbonyl (C=O) groups is 3. The van der Waals surface area contributed by atoms with E-state index in [2.05, 4.69) is 67.4 Å². The number of esters is 3. The first kappa shape index (κ1) is 50.5. The maximum atomic E-state index is 13.0. The summed E-state index contributed by atoms with van der Waals surface area (Å²) in [6.45, 7) is 7.78. The van der Waals surface area contributed by atoms with Crippen molar-refractivity contribution in [3.63, 3.8) is 0 Å². The molecule has 326 valence electrons. The van der Waals surface area contributed by atoms with E-state index < -0.39 is 0 Å². The molecule has 7 heteroatoms. The van der Waals surface area contributed by atoms with E-state index in [9.17, 15) is 14.4 Å². The fraction of sp³-hybridized carbons (Fsp3) is 0.780. The Hall–Kier alpha value is -2.67. The maximum Gasteiger partial charge on any atom is 0.309 e. The Kier molecular flexibility index (Phi) is 32.2. The molecule has 2 fully saturated rings. The molecule has 7 nitrogen and oxygen atoms in total. The predicted molar refractivity (Wildman–Crippen MR) is 237 cm³/mol. The van der Waals surface area contributed by atoms with Crippen LogP contribution in [-0.4, -0.2) is 62.3 Å². The molecule has 1 aliphatic carbocycles. The molecule has 1 saturated carbocycles. The fourth-order valence-corrected chi connectivity index (χ4v) is 7.21. The average Bonchev–Trinajstić information content (AvgIpc) is 4.04. The van der Waals surface area contributed by atoms with Gasteiger partial charge in [-0.1, -0.05) is 127 Å². The highest BCUT2D eigenvalue weighted by atomic mass is 16.6. The minimum absolute atomic E-state index is 0.0865. The molecule has 0 aromatic rings. The molecule has 2 aliphatic rings. The molecule has 0 amide bonds. The molecule has 1 saturated heterocycles. The fourth-order valence-electron chi connectivity index (χ4n) is 7.21. The molecule has 0 radical (unpaired) electrons. The van der Waals surface area contributed by atoms with Crippen molar-refractivity contribution in [3.8, 4) is 0 Å². The van der Waals surface area contributed by atoms with Crippen molar-refractivity contribution in [1.82, 2.24) is 4.90 Å². The van der Waals surface area contributed by atoms with Crippen LogP contribution in [-0.2, 0) is 28.6 Å². The largest absolute Gasteiger partial charge is 0.465 e. The summed E-state index contributed by atoms with van der Waals surface area (Å²) in [4.78, 5) is 40.7. The van der Waals surface area contributed by atoms with Gasteiger partial charge in [0.2, 0.25) is 0 Å². The first-order chi connectivity index (χ1) is 28.0. The minimum atomic E-state index is -0.369. The van der Waals surface area contributed by atoms with Crippen molar-refractivity contribution in [2.24, 2.45) is 17.8 Å². The highest BCUT2D eigenvalue weighted by molar-refractivity contribution is 5.72.